The van der Waals surface area contributed by atoms with Crippen molar-refractivity contribution in [2.45, 2.75) is 17.6 Å². The Morgan fingerprint density at radius 3 is 2.56 bits per heavy atom. The SMILES string of the molecule is O=S(=O)(NCc1ccnc(OCC(F)(F)F)c1)c1cc(Cl)ccc1Cl. The van der Waals surface area contributed by atoms with Crippen LogP contribution in [0.2, 0.25) is 10.0 Å². The zero-order chi connectivity index (χ0) is 18.7. The molecule has 0 spiro atoms. The molecule has 0 aliphatic heterocycles. The van der Waals surface area contributed by atoms with Gasteiger partial charge in [0.2, 0.25) is 15.9 Å². The van der Waals surface area contributed by atoms with Crippen molar-refractivity contribution >= 4 is 33.2 Å². The van der Waals surface area contributed by atoms with Crippen molar-refractivity contribution in [1.82, 2.24) is 9.71 Å². The van der Waals surface area contributed by atoms with E-state index in [1.165, 1.54) is 36.5 Å². The minimum absolute atomic E-state index is 0.0131. The highest BCUT2D eigenvalue weighted by Crippen LogP contribution is 2.25. The summed E-state index contributed by atoms with van der Waals surface area (Å²) < 4.78 is 67.7. The van der Waals surface area contributed by atoms with E-state index < -0.39 is 22.8 Å². The van der Waals surface area contributed by atoms with Crippen LogP contribution in [-0.4, -0.2) is 26.2 Å². The number of rotatable bonds is 6. The van der Waals surface area contributed by atoms with E-state index in [-0.39, 0.29) is 27.4 Å². The van der Waals surface area contributed by atoms with Gasteiger partial charge in [0, 0.05) is 23.8 Å². The molecule has 11 heteroatoms. The molecular weight excluding hydrogens is 404 g/mol. The standard InChI is InChI=1S/C14H11Cl2F3N2O3S/c15-10-1-2-11(16)12(6-10)25(22,23)21-7-9-3-4-20-13(5-9)24-8-14(17,18)19/h1-6,21H,7-8H2. The second-order valence-electron chi connectivity index (χ2n) is 4.81. The quantitative estimate of drug-likeness (QED) is 0.780. The molecule has 0 bridgehead atoms. The van der Waals surface area contributed by atoms with Crippen molar-refractivity contribution < 1.29 is 26.3 Å². The second kappa shape index (κ2) is 7.77. The molecule has 25 heavy (non-hydrogen) atoms. The summed E-state index contributed by atoms with van der Waals surface area (Å²) in [5.74, 6) is -0.269. The number of ether oxygens (including phenoxy) is 1. The van der Waals surface area contributed by atoms with Crippen LogP contribution in [0.4, 0.5) is 13.2 Å². The third-order valence-corrected chi connectivity index (χ3v) is 4.95. The number of aromatic nitrogens is 1. The molecule has 0 saturated heterocycles. The normalized spacial score (nSPS) is 12.2. The van der Waals surface area contributed by atoms with Gasteiger partial charge in [0.25, 0.3) is 0 Å². The van der Waals surface area contributed by atoms with E-state index in [1.54, 1.807) is 0 Å². The summed E-state index contributed by atoms with van der Waals surface area (Å²) >= 11 is 11.6. The van der Waals surface area contributed by atoms with Crippen molar-refractivity contribution in [2.75, 3.05) is 6.61 Å². The molecule has 0 fully saturated rings. The van der Waals surface area contributed by atoms with E-state index in [0.717, 1.165) is 0 Å². The molecule has 0 amide bonds. The Labute approximate surface area is 151 Å². The highest BCUT2D eigenvalue weighted by molar-refractivity contribution is 7.89. The van der Waals surface area contributed by atoms with E-state index in [9.17, 15) is 21.6 Å². The van der Waals surface area contributed by atoms with Crippen LogP contribution in [0.1, 0.15) is 5.56 Å². The van der Waals surface area contributed by atoms with Gasteiger partial charge < -0.3 is 4.74 Å². The molecule has 0 atom stereocenters. The Morgan fingerprint density at radius 2 is 1.88 bits per heavy atom. The fraction of sp³-hybridized carbons (Fsp3) is 0.214. The lowest BCUT2D eigenvalue weighted by Gasteiger charge is -2.11. The van der Waals surface area contributed by atoms with Gasteiger partial charge in [0.15, 0.2) is 6.61 Å². The molecule has 2 rings (SSSR count). The number of alkyl halides is 3. The number of pyridine rings is 1. The Morgan fingerprint density at radius 1 is 1.16 bits per heavy atom. The van der Waals surface area contributed by atoms with E-state index in [2.05, 4.69) is 14.4 Å². The van der Waals surface area contributed by atoms with Crippen LogP contribution in [0.3, 0.4) is 0 Å². The van der Waals surface area contributed by atoms with Gasteiger partial charge >= 0.3 is 6.18 Å². The molecular formula is C14H11Cl2F3N2O3S. The lowest BCUT2D eigenvalue weighted by atomic mass is 10.3. The van der Waals surface area contributed by atoms with Gasteiger partial charge in [0.1, 0.15) is 4.90 Å². The molecule has 0 saturated carbocycles. The van der Waals surface area contributed by atoms with Gasteiger partial charge in [-0.15, -0.1) is 0 Å². The monoisotopic (exact) mass is 414 g/mol. The number of nitrogens with one attached hydrogen (secondary N) is 1. The minimum Gasteiger partial charge on any atom is -0.468 e. The largest absolute Gasteiger partial charge is 0.468 e. The number of hydrogen-bond donors (Lipinski definition) is 1. The molecule has 0 radical (unpaired) electrons. The number of benzene rings is 1. The van der Waals surface area contributed by atoms with Gasteiger partial charge in [-0.05, 0) is 29.8 Å². The third-order valence-electron chi connectivity index (χ3n) is 2.83. The minimum atomic E-state index is -4.50. The average Bonchev–Trinajstić information content (AvgIpc) is 2.53. The fourth-order valence-electron chi connectivity index (χ4n) is 1.73. The van der Waals surface area contributed by atoms with E-state index >= 15 is 0 Å². The summed E-state index contributed by atoms with van der Waals surface area (Å²) in [6.07, 6.45) is -3.29. The van der Waals surface area contributed by atoms with Crippen LogP contribution in [-0.2, 0) is 16.6 Å². The smallest absolute Gasteiger partial charge is 0.422 e. The van der Waals surface area contributed by atoms with E-state index in [4.69, 9.17) is 23.2 Å². The summed E-state index contributed by atoms with van der Waals surface area (Å²) in [7, 11) is -3.97. The van der Waals surface area contributed by atoms with E-state index in [1.807, 2.05) is 0 Å². The Balaban J connectivity index is 2.09. The van der Waals surface area contributed by atoms with Gasteiger partial charge in [-0.25, -0.2) is 18.1 Å². The van der Waals surface area contributed by atoms with Gasteiger partial charge in [0.05, 0.1) is 5.02 Å². The summed E-state index contributed by atoms with van der Waals surface area (Å²) in [6.45, 7) is -1.69. The van der Waals surface area contributed by atoms with Crippen LogP contribution in [0.15, 0.2) is 41.4 Å². The number of hydrogen-bond acceptors (Lipinski definition) is 4. The van der Waals surface area contributed by atoms with Crippen LogP contribution in [0, 0.1) is 0 Å². The topological polar surface area (TPSA) is 68.3 Å². The predicted octanol–water partition coefficient (Wildman–Crippen LogP) is 3.81. The first-order chi connectivity index (χ1) is 11.6. The first-order valence-corrected chi connectivity index (χ1v) is 8.90. The second-order valence-corrected chi connectivity index (χ2v) is 7.38. The van der Waals surface area contributed by atoms with Crippen LogP contribution in [0.25, 0.3) is 0 Å². The lowest BCUT2D eigenvalue weighted by Crippen LogP contribution is -2.24. The lowest BCUT2D eigenvalue weighted by molar-refractivity contribution is -0.154. The van der Waals surface area contributed by atoms with Crippen molar-refractivity contribution in [2.24, 2.45) is 0 Å². The maximum absolute atomic E-state index is 12.3. The van der Waals surface area contributed by atoms with Crippen molar-refractivity contribution in [3.8, 4) is 5.88 Å². The zero-order valence-electron chi connectivity index (χ0n) is 12.3. The van der Waals surface area contributed by atoms with Crippen LogP contribution < -0.4 is 9.46 Å². The molecule has 0 aliphatic carbocycles. The summed E-state index contributed by atoms with van der Waals surface area (Å²) in [5.41, 5.74) is 0.355. The predicted molar refractivity (Wildman–Crippen MR) is 86.3 cm³/mol. The Bertz CT molecular complexity index is 861. The maximum atomic E-state index is 12.3. The van der Waals surface area contributed by atoms with Gasteiger partial charge in [-0.2, -0.15) is 13.2 Å². The van der Waals surface area contributed by atoms with Gasteiger partial charge in [-0.1, -0.05) is 23.2 Å². The molecule has 136 valence electrons. The van der Waals surface area contributed by atoms with Gasteiger partial charge in [-0.3, -0.25) is 0 Å². The summed E-state index contributed by atoms with van der Waals surface area (Å²) in [4.78, 5) is 3.43. The molecule has 1 heterocycles. The molecule has 1 aromatic carbocycles. The first-order valence-electron chi connectivity index (χ1n) is 6.66. The van der Waals surface area contributed by atoms with Crippen molar-refractivity contribution in [3.05, 3.63) is 52.1 Å². The van der Waals surface area contributed by atoms with E-state index in [0.29, 0.717) is 5.56 Å². The zero-order valence-corrected chi connectivity index (χ0v) is 14.7. The molecule has 2 aromatic rings. The average molecular weight is 415 g/mol. The number of nitrogens with zero attached hydrogens (tertiary/aromatic N) is 1. The highest BCUT2D eigenvalue weighted by atomic mass is 35.5. The molecule has 0 unspecified atom stereocenters. The highest BCUT2D eigenvalue weighted by Gasteiger charge is 2.28. The first kappa shape index (κ1) is 19.8. The van der Waals surface area contributed by atoms with Crippen molar-refractivity contribution in [1.29, 1.82) is 0 Å². The Hall–Kier alpha value is -1.55. The molecule has 1 aromatic heterocycles. The molecule has 0 aliphatic rings. The van der Waals surface area contributed by atoms with Crippen LogP contribution >= 0.6 is 23.2 Å². The van der Waals surface area contributed by atoms with Crippen LogP contribution in [0.5, 0.6) is 5.88 Å². The summed E-state index contributed by atoms with van der Waals surface area (Å²) in [6, 6.07) is 6.61. The molecule has 5 nitrogen and oxygen atoms in total. The number of halogens is 5. The number of sulfonamides is 1. The maximum Gasteiger partial charge on any atom is 0.422 e. The fourth-order valence-corrected chi connectivity index (χ4v) is 3.51. The Kier molecular flexibility index (Phi) is 6.15. The molecule has 1 N–H and O–H groups in total. The van der Waals surface area contributed by atoms with Crippen molar-refractivity contribution in [3.63, 3.8) is 0 Å². The summed E-state index contributed by atoms with van der Waals surface area (Å²) in [5, 5.41) is 0.178. The third kappa shape index (κ3) is 6.03.